The number of halogens is 3. The van der Waals surface area contributed by atoms with Crippen LogP contribution in [0.2, 0.25) is 0 Å². The van der Waals surface area contributed by atoms with E-state index in [1.54, 1.807) is 24.3 Å². The third-order valence-corrected chi connectivity index (χ3v) is 3.62. The molecule has 0 saturated carbocycles. The Bertz CT molecular complexity index is 853. The zero-order valence-electron chi connectivity index (χ0n) is 13.8. The number of rotatable bonds is 4. The van der Waals surface area contributed by atoms with Crippen LogP contribution in [-0.4, -0.2) is 31.2 Å². The smallest absolute Gasteiger partial charge is 0.418 e. The molecular formula is C18H14F3NO5. The van der Waals surface area contributed by atoms with Crippen molar-refractivity contribution < 1.29 is 37.0 Å². The van der Waals surface area contributed by atoms with Gasteiger partial charge in [0.05, 0.1) is 11.3 Å². The average Bonchev–Trinajstić information content (AvgIpc) is 2.65. The van der Waals surface area contributed by atoms with Gasteiger partial charge in [0.15, 0.2) is 18.1 Å². The lowest BCUT2D eigenvalue weighted by Crippen LogP contribution is -2.39. The van der Waals surface area contributed by atoms with Gasteiger partial charge in [0, 0.05) is 0 Å². The summed E-state index contributed by atoms with van der Waals surface area (Å²) < 4.78 is 54.3. The highest BCUT2D eigenvalue weighted by atomic mass is 19.4. The van der Waals surface area contributed by atoms with Gasteiger partial charge in [0.1, 0.15) is 6.61 Å². The largest absolute Gasteiger partial charge is 0.485 e. The number of amides is 1. The molecule has 0 saturated heterocycles. The first-order chi connectivity index (χ1) is 12.8. The predicted octanol–water partition coefficient (Wildman–Crippen LogP) is 3.03. The summed E-state index contributed by atoms with van der Waals surface area (Å²) in [6.07, 6.45) is -5.70. The fourth-order valence-corrected chi connectivity index (χ4v) is 2.39. The van der Waals surface area contributed by atoms with Crippen LogP contribution >= 0.6 is 0 Å². The van der Waals surface area contributed by atoms with Crippen LogP contribution in [0.15, 0.2) is 48.5 Å². The van der Waals surface area contributed by atoms with Gasteiger partial charge in [-0.1, -0.05) is 24.3 Å². The highest BCUT2D eigenvalue weighted by molar-refractivity contribution is 5.93. The Morgan fingerprint density at radius 2 is 1.74 bits per heavy atom. The van der Waals surface area contributed by atoms with Crippen molar-refractivity contribution in [1.29, 1.82) is 0 Å². The monoisotopic (exact) mass is 381 g/mol. The van der Waals surface area contributed by atoms with Crippen LogP contribution in [0.25, 0.3) is 0 Å². The van der Waals surface area contributed by atoms with Crippen LogP contribution in [0.5, 0.6) is 11.5 Å². The molecule has 0 bridgehead atoms. The van der Waals surface area contributed by atoms with Crippen molar-refractivity contribution >= 4 is 17.6 Å². The minimum atomic E-state index is -4.62. The second-order valence-electron chi connectivity index (χ2n) is 5.56. The molecule has 1 aliphatic heterocycles. The number of esters is 1. The van der Waals surface area contributed by atoms with Crippen molar-refractivity contribution in [2.75, 3.05) is 18.5 Å². The number of para-hydroxylation sites is 3. The van der Waals surface area contributed by atoms with Gasteiger partial charge in [0.25, 0.3) is 5.91 Å². The Morgan fingerprint density at radius 1 is 1.07 bits per heavy atom. The van der Waals surface area contributed by atoms with E-state index in [0.29, 0.717) is 11.5 Å². The van der Waals surface area contributed by atoms with Crippen molar-refractivity contribution in [3.8, 4) is 11.5 Å². The number of ether oxygens (including phenoxy) is 3. The summed E-state index contributed by atoms with van der Waals surface area (Å²) in [5.41, 5.74) is -1.41. The van der Waals surface area contributed by atoms with Gasteiger partial charge < -0.3 is 19.5 Å². The molecule has 1 N–H and O–H groups in total. The normalized spacial score (nSPS) is 15.7. The number of fused-ring (bicyclic) bond motifs is 1. The van der Waals surface area contributed by atoms with Gasteiger partial charge >= 0.3 is 12.1 Å². The summed E-state index contributed by atoms with van der Waals surface area (Å²) in [6, 6.07) is 11.2. The minimum Gasteiger partial charge on any atom is -0.485 e. The summed E-state index contributed by atoms with van der Waals surface area (Å²) in [5.74, 6) is -0.932. The second kappa shape index (κ2) is 7.56. The fourth-order valence-electron chi connectivity index (χ4n) is 2.39. The summed E-state index contributed by atoms with van der Waals surface area (Å²) in [6.45, 7) is -0.860. The number of hydrogen-bond acceptors (Lipinski definition) is 5. The van der Waals surface area contributed by atoms with Gasteiger partial charge in [-0.15, -0.1) is 0 Å². The van der Waals surface area contributed by atoms with E-state index in [9.17, 15) is 22.8 Å². The van der Waals surface area contributed by atoms with Crippen LogP contribution in [0, 0.1) is 0 Å². The van der Waals surface area contributed by atoms with E-state index in [-0.39, 0.29) is 6.61 Å². The molecule has 1 amide bonds. The number of alkyl halides is 3. The van der Waals surface area contributed by atoms with E-state index in [4.69, 9.17) is 14.2 Å². The fraction of sp³-hybridized carbons (Fsp3) is 0.222. The Labute approximate surface area is 151 Å². The molecule has 2 aromatic carbocycles. The number of carbonyl (C=O) groups is 2. The molecular weight excluding hydrogens is 367 g/mol. The summed E-state index contributed by atoms with van der Waals surface area (Å²) in [4.78, 5) is 23.9. The Kier molecular flexibility index (Phi) is 5.20. The van der Waals surface area contributed by atoms with Crippen molar-refractivity contribution in [3.05, 3.63) is 54.1 Å². The highest BCUT2D eigenvalue weighted by Crippen LogP contribution is 2.34. The van der Waals surface area contributed by atoms with Crippen molar-refractivity contribution in [2.45, 2.75) is 12.3 Å². The molecule has 1 heterocycles. The molecule has 0 radical (unpaired) electrons. The minimum absolute atomic E-state index is 0.103. The van der Waals surface area contributed by atoms with Crippen LogP contribution in [-0.2, 0) is 20.5 Å². The summed E-state index contributed by atoms with van der Waals surface area (Å²) in [5, 5.41) is 2.08. The molecule has 142 valence electrons. The third-order valence-electron chi connectivity index (χ3n) is 3.62. The first kappa shape index (κ1) is 18.6. The molecule has 0 fully saturated rings. The average molecular weight is 381 g/mol. The van der Waals surface area contributed by atoms with Crippen molar-refractivity contribution in [1.82, 2.24) is 0 Å². The highest BCUT2D eigenvalue weighted by Gasteiger charge is 2.34. The van der Waals surface area contributed by atoms with E-state index >= 15 is 0 Å². The Balaban J connectivity index is 1.55. The topological polar surface area (TPSA) is 73.9 Å². The van der Waals surface area contributed by atoms with Crippen molar-refractivity contribution in [3.63, 3.8) is 0 Å². The van der Waals surface area contributed by atoms with E-state index < -0.39 is 42.0 Å². The first-order valence-corrected chi connectivity index (χ1v) is 7.86. The van der Waals surface area contributed by atoms with Gasteiger partial charge in [-0.05, 0) is 24.3 Å². The van der Waals surface area contributed by atoms with Gasteiger partial charge in [0.2, 0.25) is 6.10 Å². The number of benzene rings is 2. The quantitative estimate of drug-likeness (QED) is 0.825. The van der Waals surface area contributed by atoms with Gasteiger partial charge in [-0.3, -0.25) is 4.79 Å². The standard InChI is InChI=1S/C18H14F3NO5/c19-18(20,21)11-5-1-2-6-12(11)22-16(23)10-26-17(24)15-9-25-13-7-3-4-8-14(13)27-15/h1-8,15H,9-10H2,(H,22,23). The lowest BCUT2D eigenvalue weighted by Gasteiger charge is -2.24. The number of carbonyl (C=O) groups excluding carboxylic acids is 2. The van der Waals surface area contributed by atoms with Gasteiger partial charge in [-0.25, -0.2) is 4.79 Å². The second-order valence-corrected chi connectivity index (χ2v) is 5.56. The van der Waals surface area contributed by atoms with Crippen molar-refractivity contribution in [2.24, 2.45) is 0 Å². The summed E-state index contributed by atoms with van der Waals surface area (Å²) in [7, 11) is 0. The van der Waals surface area contributed by atoms with Crippen LogP contribution in [0.1, 0.15) is 5.56 Å². The molecule has 0 aliphatic carbocycles. The number of nitrogens with one attached hydrogen (secondary N) is 1. The first-order valence-electron chi connectivity index (χ1n) is 7.86. The molecule has 1 atom stereocenters. The molecule has 0 aromatic heterocycles. The molecule has 1 aliphatic rings. The maximum absolute atomic E-state index is 12.9. The predicted molar refractivity (Wildman–Crippen MR) is 87.4 cm³/mol. The Hall–Kier alpha value is -3.23. The summed E-state index contributed by atoms with van der Waals surface area (Å²) >= 11 is 0. The van der Waals surface area contributed by atoms with Crippen LogP contribution in [0.4, 0.5) is 18.9 Å². The van der Waals surface area contributed by atoms with E-state index in [2.05, 4.69) is 5.32 Å². The Morgan fingerprint density at radius 3 is 2.48 bits per heavy atom. The van der Waals surface area contributed by atoms with E-state index in [1.165, 1.54) is 12.1 Å². The SMILES string of the molecule is O=C(COC(=O)C1COc2ccccc2O1)Nc1ccccc1C(F)(F)F. The zero-order chi connectivity index (χ0) is 19.4. The van der Waals surface area contributed by atoms with Crippen LogP contribution in [0.3, 0.4) is 0 Å². The van der Waals surface area contributed by atoms with Gasteiger partial charge in [-0.2, -0.15) is 13.2 Å². The molecule has 0 spiro atoms. The van der Waals surface area contributed by atoms with Crippen LogP contribution < -0.4 is 14.8 Å². The van der Waals surface area contributed by atoms with E-state index in [0.717, 1.165) is 12.1 Å². The molecule has 9 heteroatoms. The van der Waals surface area contributed by atoms with E-state index in [1.807, 2.05) is 0 Å². The molecule has 1 unspecified atom stereocenters. The maximum atomic E-state index is 12.9. The molecule has 2 aromatic rings. The molecule has 6 nitrogen and oxygen atoms in total. The zero-order valence-corrected chi connectivity index (χ0v) is 13.8. The third kappa shape index (κ3) is 4.49. The lowest BCUT2D eigenvalue weighted by molar-refractivity contribution is -0.156. The lowest BCUT2D eigenvalue weighted by atomic mass is 10.1. The molecule has 3 rings (SSSR count). The maximum Gasteiger partial charge on any atom is 0.418 e. The molecule has 27 heavy (non-hydrogen) atoms. The number of anilines is 1. The number of hydrogen-bond donors (Lipinski definition) is 1.